The van der Waals surface area contributed by atoms with Crippen LogP contribution in [0.15, 0.2) is 84.9 Å². The molecule has 0 unspecified atom stereocenters. The molecule has 1 aromatic heterocycles. The Morgan fingerprint density at radius 3 is 2.28 bits per heavy atom. The van der Waals surface area contributed by atoms with E-state index in [4.69, 9.17) is 9.47 Å². The molecule has 1 aliphatic rings. The maximum absolute atomic E-state index is 12.6. The van der Waals surface area contributed by atoms with E-state index in [-0.39, 0.29) is 23.9 Å². The van der Waals surface area contributed by atoms with Crippen molar-refractivity contribution in [3.8, 4) is 11.5 Å². The van der Waals surface area contributed by atoms with Crippen molar-refractivity contribution in [3.63, 3.8) is 0 Å². The van der Waals surface area contributed by atoms with Gasteiger partial charge in [-0.25, -0.2) is 4.68 Å². The zero-order valence-corrected chi connectivity index (χ0v) is 20.1. The molecule has 8 heteroatoms. The second-order valence-electron chi connectivity index (χ2n) is 8.43. The molecule has 2 heterocycles. The maximum Gasteiger partial charge on any atom is 0.250 e. The van der Waals surface area contributed by atoms with Crippen LogP contribution < -0.4 is 20.1 Å². The highest BCUT2D eigenvalue weighted by molar-refractivity contribution is 6.00. The summed E-state index contributed by atoms with van der Waals surface area (Å²) in [6.45, 7) is 0. The maximum atomic E-state index is 12.6. The van der Waals surface area contributed by atoms with E-state index in [1.807, 2.05) is 59.3 Å². The normalized spacial score (nSPS) is 16.7. The molecule has 8 nitrogen and oxygen atoms in total. The van der Waals surface area contributed by atoms with Crippen molar-refractivity contribution < 1.29 is 14.3 Å². The van der Waals surface area contributed by atoms with Gasteiger partial charge in [-0.05, 0) is 53.5 Å². The van der Waals surface area contributed by atoms with Crippen molar-refractivity contribution in [1.29, 1.82) is 0 Å². The minimum atomic E-state index is -0.309. The third kappa shape index (κ3) is 5.07. The largest absolute Gasteiger partial charge is 0.497 e. The standard InChI is InChI=1S/C28H27N5O3/c1-35-22-13-8-19(9-14-22)10-17-26(34)30-27-31-28-29-24(20-11-15-23(36-2)16-12-20)18-25(33(28)32-27)21-6-4-3-5-7-21/h3-17,24-25H,18H2,1-2H3,(H2,29,30,31,32,34)/b17-10+/t24-,25+/m0/s1. The van der Waals surface area contributed by atoms with Crippen LogP contribution in [0.1, 0.15) is 35.2 Å². The first-order valence-electron chi connectivity index (χ1n) is 11.7. The van der Waals surface area contributed by atoms with Gasteiger partial charge in [0.1, 0.15) is 11.5 Å². The van der Waals surface area contributed by atoms with Crippen molar-refractivity contribution in [1.82, 2.24) is 14.8 Å². The summed E-state index contributed by atoms with van der Waals surface area (Å²) in [5.74, 6) is 2.11. The number of carbonyl (C=O) groups excluding carboxylic acids is 1. The molecule has 4 aromatic rings. The summed E-state index contributed by atoms with van der Waals surface area (Å²) in [6.07, 6.45) is 3.97. The average Bonchev–Trinajstić information content (AvgIpc) is 3.34. The molecule has 0 bridgehead atoms. The number of hydrogen-bond donors (Lipinski definition) is 2. The summed E-state index contributed by atoms with van der Waals surface area (Å²) in [5.41, 5.74) is 3.14. The molecule has 0 radical (unpaired) electrons. The highest BCUT2D eigenvalue weighted by Gasteiger charge is 2.31. The summed E-state index contributed by atoms with van der Waals surface area (Å²) in [7, 11) is 3.27. The topological polar surface area (TPSA) is 90.3 Å². The molecule has 182 valence electrons. The Balaban J connectivity index is 1.37. The van der Waals surface area contributed by atoms with Gasteiger partial charge in [0.25, 0.3) is 11.9 Å². The number of aromatic nitrogens is 3. The van der Waals surface area contributed by atoms with Crippen molar-refractivity contribution >= 4 is 23.9 Å². The fourth-order valence-electron chi connectivity index (χ4n) is 4.28. The van der Waals surface area contributed by atoms with Crippen LogP contribution >= 0.6 is 0 Å². The minimum absolute atomic E-state index is 0.0244. The van der Waals surface area contributed by atoms with Crippen LogP contribution in [0, 0.1) is 0 Å². The zero-order valence-electron chi connectivity index (χ0n) is 20.1. The first kappa shape index (κ1) is 23.2. The fourth-order valence-corrected chi connectivity index (χ4v) is 4.28. The van der Waals surface area contributed by atoms with E-state index in [1.54, 1.807) is 20.3 Å². The molecule has 1 amide bonds. The number of ether oxygens (including phenoxy) is 2. The zero-order chi connectivity index (χ0) is 24.9. The number of hydrogen-bond acceptors (Lipinski definition) is 6. The first-order chi connectivity index (χ1) is 17.6. The summed E-state index contributed by atoms with van der Waals surface area (Å²) in [4.78, 5) is 17.2. The molecule has 1 aliphatic heterocycles. The monoisotopic (exact) mass is 481 g/mol. The van der Waals surface area contributed by atoms with Crippen LogP contribution in [-0.4, -0.2) is 34.9 Å². The number of methoxy groups -OCH3 is 2. The summed E-state index contributed by atoms with van der Waals surface area (Å²) >= 11 is 0. The van der Waals surface area contributed by atoms with Crippen LogP contribution in [0.4, 0.5) is 11.9 Å². The van der Waals surface area contributed by atoms with E-state index in [9.17, 15) is 4.79 Å². The lowest BCUT2D eigenvalue weighted by Gasteiger charge is -2.31. The second-order valence-corrected chi connectivity index (χ2v) is 8.43. The Kier molecular flexibility index (Phi) is 6.66. The smallest absolute Gasteiger partial charge is 0.250 e. The predicted molar refractivity (Wildman–Crippen MR) is 139 cm³/mol. The highest BCUT2D eigenvalue weighted by atomic mass is 16.5. The molecule has 0 aliphatic carbocycles. The molecular formula is C28H27N5O3. The van der Waals surface area contributed by atoms with E-state index < -0.39 is 0 Å². The lowest BCUT2D eigenvalue weighted by molar-refractivity contribution is -0.111. The quantitative estimate of drug-likeness (QED) is 0.357. The number of carbonyl (C=O) groups is 1. The van der Waals surface area contributed by atoms with Gasteiger partial charge in [0.05, 0.1) is 26.3 Å². The molecule has 0 spiro atoms. The van der Waals surface area contributed by atoms with Crippen LogP contribution in [-0.2, 0) is 4.79 Å². The lowest BCUT2D eigenvalue weighted by atomic mass is 9.93. The Bertz CT molecular complexity index is 1350. The van der Waals surface area contributed by atoms with Crippen LogP contribution in [0.3, 0.4) is 0 Å². The van der Waals surface area contributed by atoms with Gasteiger partial charge in [-0.2, -0.15) is 4.98 Å². The third-order valence-corrected chi connectivity index (χ3v) is 6.17. The molecule has 5 rings (SSSR count). The summed E-state index contributed by atoms with van der Waals surface area (Å²) < 4.78 is 12.3. The molecule has 0 saturated carbocycles. The van der Waals surface area contributed by atoms with E-state index in [0.717, 1.165) is 34.6 Å². The second kappa shape index (κ2) is 10.4. The molecule has 0 saturated heterocycles. The Morgan fingerprint density at radius 2 is 1.61 bits per heavy atom. The molecule has 3 aromatic carbocycles. The van der Waals surface area contributed by atoms with Crippen LogP contribution in [0.5, 0.6) is 11.5 Å². The number of benzene rings is 3. The van der Waals surface area contributed by atoms with Crippen molar-refractivity contribution in [2.45, 2.75) is 18.5 Å². The van der Waals surface area contributed by atoms with E-state index in [2.05, 4.69) is 45.0 Å². The third-order valence-electron chi connectivity index (χ3n) is 6.17. The average molecular weight is 482 g/mol. The predicted octanol–water partition coefficient (Wildman–Crippen LogP) is 5.09. The van der Waals surface area contributed by atoms with Gasteiger partial charge in [0, 0.05) is 6.08 Å². The van der Waals surface area contributed by atoms with Crippen LogP contribution in [0.2, 0.25) is 0 Å². The Morgan fingerprint density at radius 1 is 0.944 bits per heavy atom. The lowest BCUT2D eigenvalue weighted by Crippen LogP contribution is -2.28. The first-order valence-corrected chi connectivity index (χ1v) is 11.7. The van der Waals surface area contributed by atoms with Crippen molar-refractivity contribution in [2.75, 3.05) is 24.9 Å². The van der Waals surface area contributed by atoms with Gasteiger partial charge in [0.2, 0.25) is 5.95 Å². The molecule has 2 N–H and O–H groups in total. The Labute approximate surface area is 209 Å². The van der Waals surface area contributed by atoms with Gasteiger partial charge < -0.3 is 14.8 Å². The van der Waals surface area contributed by atoms with E-state index in [0.29, 0.717) is 5.95 Å². The Hall–Kier alpha value is -4.59. The minimum Gasteiger partial charge on any atom is -0.497 e. The SMILES string of the molecule is COc1ccc(/C=C/C(=O)Nc2nc3n(n2)[C@@H](c2ccccc2)C[C@@H](c2ccc(OC)cc2)N3)cc1. The number of fused-ring (bicyclic) bond motifs is 1. The van der Waals surface area contributed by atoms with Gasteiger partial charge in [-0.3, -0.25) is 10.1 Å². The molecule has 36 heavy (non-hydrogen) atoms. The van der Waals surface area contributed by atoms with Gasteiger partial charge >= 0.3 is 0 Å². The van der Waals surface area contributed by atoms with E-state index in [1.165, 1.54) is 6.08 Å². The van der Waals surface area contributed by atoms with Crippen molar-refractivity contribution in [3.05, 3.63) is 102 Å². The summed E-state index contributed by atoms with van der Waals surface area (Å²) in [6, 6.07) is 25.6. The number of anilines is 2. The number of nitrogens with zero attached hydrogens (tertiary/aromatic N) is 3. The van der Waals surface area contributed by atoms with Gasteiger partial charge in [-0.1, -0.05) is 54.6 Å². The molecule has 0 fully saturated rings. The van der Waals surface area contributed by atoms with E-state index >= 15 is 0 Å². The number of nitrogens with one attached hydrogen (secondary N) is 2. The van der Waals surface area contributed by atoms with Gasteiger partial charge in [-0.15, -0.1) is 5.10 Å². The summed E-state index contributed by atoms with van der Waals surface area (Å²) in [5, 5.41) is 10.9. The highest BCUT2D eigenvalue weighted by Crippen LogP contribution is 2.38. The van der Waals surface area contributed by atoms with Crippen molar-refractivity contribution in [2.24, 2.45) is 0 Å². The van der Waals surface area contributed by atoms with Crippen LogP contribution in [0.25, 0.3) is 6.08 Å². The molecule has 2 atom stereocenters. The van der Waals surface area contributed by atoms with Gasteiger partial charge in [0.15, 0.2) is 0 Å². The molecular weight excluding hydrogens is 454 g/mol. The number of rotatable bonds is 7. The number of amides is 1. The fraction of sp³-hybridized carbons (Fsp3) is 0.179.